The molecule has 4 rings (SSSR count). The molecule has 0 atom stereocenters. The van der Waals surface area contributed by atoms with Gasteiger partial charge < -0.3 is 0 Å². The van der Waals surface area contributed by atoms with E-state index in [0.717, 1.165) is 30.2 Å². The highest BCUT2D eigenvalue weighted by molar-refractivity contribution is 7.89. The smallest absolute Gasteiger partial charge is 0.241 e. The third kappa shape index (κ3) is 4.35. The SMILES string of the molecule is Cc1ccc(F)cc1S(=O)(=O)NC1CCC(n2cc(-c3ccncn3)cn2)CC1. The molecule has 0 spiro atoms. The molecule has 9 heteroatoms. The number of sulfonamides is 1. The van der Waals surface area contributed by atoms with E-state index in [2.05, 4.69) is 19.8 Å². The quantitative estimate of drug-likeness (QED) is 0.691. The van der Waals surface area contributed by atoms with Gasteiger partial charge in [-0.15, -0.1) is 0 Å². The van der Waals surface area contributed by atoms with Crippen LogP contribution in [-0.2, 0) is 10.0 Å². The summed E-state index contributed by atoms with van der Waals surface area (Å²) in [6.07, 6.45) is 9.95. The Bertz CT molecular complexity index is 1090. The Morgan fingerprint density at radius 2 is 1.97 bits per heavy atom. The predicted molar refractivity (Wildman–Crippen MR) is 106 cm³/mol. The maximum Gasteiger partial charge on any atom is 0.241 e. The molecule has 0 amide bonds. The van der Waals surface area contributed by atoms with Crippen molar-refractivity contribution in [3.63, 3.8) is 0 Å². The van der Waals surface area contributed by atoms with Gasteiger partial charge in [0.15, 0.2) is 0 Å². The van der Waals surface area contributed by atoms with Crippen LogP contribution in [0.15, 0.2) is 54.1 Å². The monoisotopic (exact) mass is 415 g/mol. The average molecular weight is 415 g/mol. The van der Waals surface area contributed by atoms with Gasteiger partial charge in [-0.3, -0.25) is 4.68 Å². The van der Waals surface area contributed by atoms with Crippen molar-refractivity contribution >= 4 is 10.0 Å². The van der Waals surface area contributed by atoms with Gasteiger partial charge in [0.1, 0.15) is 12.1 Å². The minimum Gasteiger partial charge on any atom is -0.269 e. The standard InChI is InChI=1S/C20H22FN5O2S/c1-14-2-3-16(21)10-20(14)29(27,28)25-17-4-6-18(7-5-17)26-12-15(11-24-26)19-8-9-22-13-23-19/h2-3,8-13,17-18,25H,4-7H2,1H3. The summed E-state index contributed by atoms with van der Waals surface area (Å²) in [5.74, 6) is -0.558. The van der Waals surface area contributed by atoms with E-state index in [9.17, 15) is 12.8 Å². The van der Waals surface area contributed by atoms with Gasteiger partial charge in [0.25, 0.3) is 0 Å². The van der Waals surface area contributed by atoms with Gasteiger partial charge in [-0.2, -0.15) is 5.10 Å². The number of aromatic nitrogens is 4. The van der Waals surface area contributed by atoms with E-state index in [-0.39, 0.29) is 17.0 Å². The van der Waals surface area contributed by atoms with Crippen LogP contribution in [-0.4, -0.2) is 34.2 Å². The summed E-state index contributed by atoms with van der Waals surface area (Å²) in [7, 11) is -3.75. The van der Waals surface area contributed by atoms with E-state index in [4.69, 9.17) is 0 Å². The van der Waals surface area contributed by atoms with E-state index in [1.807, 2.05) is 16.9 Å². The summed E-state index contributed by atoms with van der Waals surface area (Å²) in [5.41, 5.74) is 2.27. The third-order valence-electron chi connectivity index (χ3n) is 5.31. The number of hydrogen-bond donors (Lipinski definition) is 1. The molecule has 2 heterocycles. The van der Waals surface area contributed by atoms with Crippen LogP contribution in [0.5, 0.6) is 0 Å². The number of halogens is 1. The zero-order chi connectivity index (χ0) is 20.4. The van der Waals surface area contributed by atoms with E-state index < -0.39 is 15.8 Å². The lowest BCUT2D eigenvalue weighted by Crippen LogP contribution is -2.38. The minimum absolute atomic E-state index is 0.00110. The maximum atomic E-state index is 13.5. The molecule has 1 aliphatic rings. The fourth-order valence-electron chi connectivity index (χ4n) is 3.74. The number of hydrogen-bond acceptors (Lipinski definition) is 5. The lowest BCUT2D eigenvalue weighted by Gasteiger charge is -2.29. The second-order valence-corrected chi connectivity index (χ2v) is 9.02. The lowest BCUT2D eigenvalue weighted by molar-refractivity contribution is 0.293. The number of rotatable bonds is 5. The third-order valence-corrected chi connectivity index (χ3v) is 6.97. The van der Waals surface area contributed by atoms with Crippen molar-refractivity contribution in [1.82, 2.24) is 24.5 Å². The van der Waals surface area contributed by atoms with Gasteiger partial charge >= 0.3 is 0 Å². The number of benzene rings is 1. The predicted octanol–water partition coefficient (Wildman–Crippen LogP) is 3.25. The van der Waals surface area contributed by atoms with Gasteiger partial charge in [0, 0.05) is 24.0 Å². The topological polar surface area (TPSA) is 89.8 Å². The van der Waals surface area contributed by atoms with Crippen LogP contribution in [0.1, 0.15) is 37.3 Å². The first kappa shape index (κ1) is 19.7. The first-order chi connectivity index (χ1) is 13.9. The Hall–Kier alpha value is -2.65. The highest BCUT2D eigenvalue weighted by Gasteiger charge is 2.28. The van der Waals surface area contributed by atoms with Gasteiger partial charge in [0.2, 0.25) is 10.0 Å². The normalized spacial score (nSPS) is 19.9. The Morgan fingerprint density at radius 1 is 1.17 bits per heavy atom. The fraction of sp³-hybridized carbons (Fsp3) is 0.350. The summed E-state index contributed by atoms with van der Waals surface area (Å²) < 4.78 is 43.5. The first-order valence-corrected chi connectivity index (χ1v) is 11.0. The van der Waals surface area contributed by atoms with Crippen molar-refractivity contribution in [2.75, 3.05) is 0 Å². The molecule has 0 radical (unpaired) electrons. The molecule has 7 nitrogen and oxygen atoms in total. The second kappa shape index (κ2) is 8.00. The number of nitrogens with zero attached hydrogens (tertiary/aromatic N) is 4. The van der Waals surface area contributed by atoms with Crippen LogP contribution in [0.25, 0.3) is 11.3 Å². The van der Waals surface area contributed by atoms with Crippen LogP contribution >= 0.6 is 0 Å². The molecule has 0 aliphatic heterocycles. The van der Waals surface area contributed by atoms with Crippen molar-refractivity contribution < 1.29 is 12.8 Å². The Kier molecular flexibility index (Phi) is 5.42. The highest BCUT2D eigenvalue weighted by Crippen LogP contribution is 2.30. The molecule has 1 aliphatic carbocycles. The van der Waals surface area contributed by atoms with Crippen molar-refractivity contribution in [3.8, 4) is 11.3 Å². The molecular weight excluding hydrogens is 393 g/mol. The summed E-state index contributed by atoms with van der Waals surface area (Å²) in [4.78, 5) is 8.16. The van der Waals surface area contributed by atoms with Crippen LogP contribution in [0.4, 0.5) is 4.39 Å². The Labute approximate surface area is 169 Å². The summed E-state index contributed by atoms with van der Waals surface area (Å²) in [5, 5.41) is 4.46. The van der Waals surface area contributed by atoms with Gasteiger partial charge in [-0.25, -0.2) is 27.5 Å². The van der Waals surface area contributed by atoms with Crippen molar-refractivity contribution in [3.05, 3.63) is 60.6 Å². The molecule has 1 aromatic carbocycles. The molecule has 152 valence electrons. The maximum absolute atomic E-state index is 13.5. The van der Waals surface area contributed by atoms with Crippen LogP contribution in [0.3, 0.4) is 0 Å². The molecule has 1 N–H and O–H groups in total. The lowest BCUT2D eigenvalue weighted by atomic mass is 9.92. The van der Waals surface area contributed by atoms with Crippen molar-refractivity contribution in [2.24, 2.45) is 0 Å². The van der Waals surface area contributed by atoms with E-state index >= 15 is 0 Å². The summed E-state index contributed by atoms with van der Waals surface area (Å²) in [6, 6.07) is 5.69. The molecule has 1 saturated carbocycles. The number of aryl methyl sites for hydroxylation is 1. The summed E-state index contributed by atoms with van der Waals surface area (Å²) in [6.45, 7) is 1.66. The molecule has 2 aromatic heterocycles. The van der Waals surface area contributed by atoms with Crippen molar-refractivity contribution in [1.29, 1.82) is 0 Å². The average Bonchev–Trinajstić information content (AvgIpc) is 3.21. The molecule has 29 heavy (non-hydrogen) atoms. The van der Waals surface area contributed by atoms with Crippen LogP contribution in [0, 0.1) is 12.7 Å². The minimum atomic E-state index is -3.75. The fourth-order valence-corrected chi connectivity index (χ4v) is 5.30. The van der Waals surface area contributed by atoms with Crippen LogP contribution < -0.4 is 4.72 Å². The molecule has 0 bridgehead atoms. The summed E-state index contributed by atoms with van der Waals surface area (Å²) >= 11 is 0. The molecular formula is C20H22FN5O2S. The molecule has 3 aromatic rings. The van der Waals surface area contributed by atoms with Crippen molar-refractivity contribution in [2.45, 2.75) is 49.6 Å². The van der Waals surface area contributed by atoms with E-state index in [0.29, 0.717) is 18.4 Å². The zero-order valence-corrected chi connectivity index (χ0v) is 16.8. The molecule has 1 fully saturated rings. The first-order valence-electron chi connectivity index (χ1n) is 9.51. The highest BCUT2D eigenvalue weighted by atomic mass is 32.2. The Morgan fingerprint density at radius 3 is 2.69 bits per heavy atom. The Balaban J connectivity index is 1.40. The molecule has 0 unspecified atom stereocenters. The van der Waals surface area contributed by atoms with Gasteiger partial charge in [-0.05, 0) is 56.4 Å². The van der Waals surface area contributed by atoms with Crippen LogP contribution in [0.2, 0.25) is 0 Å². The number of nitrogens with one attached hydrogen (secondary N) is 1. The molecule has 0 saturated heterocycles. The van der Waals surface area contributed by atoms with Gasteiger partial charge in [-0.1, -0.05) is 6.07 Å². The van der Waals surface area contributed by atoms with E-state index in [1.165, 1.54) is 18.5 Å². The van der Waals surface area contributed by atoms with Gasteiger partial charge in [0.05, 0.1) is 22.8 Å². The second-order valence-electron chi connectivity index (χ2n) is 7.34. The largest absolute Gasteiger partial charge is 0.269 e. The van der Waals surface area contributed by atoms with E-state index in [1.54, 1.807) is 19.3 Å². The zero-order valence-electron chi connectivity index (χ0n) is 16.0.